The summed E-state index contributed by atoms with van der Waals surface area (Å²) in [6.07, 6.45) is 1.92. The Morgan fingerprint density at radius 1 is 1.26 bits per heavy atom. The van der Waals surface area contributed by atoms with Crippen molar-refractivity contribution in [3.8, 4) is 0 Å². The number of pyridine rings is 2. The number of allylic oxidation sites excluding steroid dienone is 1. The summed E-state index contributed by atoms with van der Waals surface area (Å²) >= 11 is 0. The molecule has 2 aromatic heterocycles. The molecule has 1 fully saturated rings. The van der Waals surface area contributed by atoms with Crippen LogP contribution in [0, 0.1) is 11.8 Å². The molecule has 2 N–H and O–H groups in total. The Hall–Kier alpha value is -2.98. The first-order chi connectivity index (χ1) is 16.7. The van der Waals surface area contributed by atoms with Gasteiger partial charge in [0.05, 0.1) is 18.4 Å². The van der Waals surface area contributed by atoms with E-state index < -0.39 is 36.5 Å². The Kier molecular flexibility index (Phi) is 7.42. The molecule has 35 heavy (non-hydrogen) atoms. The van der Waals surface area contributed by atoms with Crippen LogP contribution in [0.5, 0.6) is 0 Å². The van der Waals surface area contributed by atoms with Crippen molar-refractivity contribution >= 4 is 12.0 Å². The second kappa shape index (κ2) is 10.3. The summed E-state index contributed by atoms with van der Waals surface area (Å²) in [5, 5.41) is 13.1. The highest BCUT2D eigenvalue weighted by molar-refractivity contribution is 5.80. The fourth-order valence-electron chi connectivity index (χ4n) is 5.41. The number of carbonyl (C=O) groups is 1. The molecule has 4 atom stereocenters. The first-order valence-corrected chi connectivity index (χ1v) is 11.7. The van der Waals surface area contributed by atoms with Crippen molar-refractivity contribution in [1.29, 1.82) is 0 Å². The number of aliphatic hydroxyl groups is 1. The van der Waals surface area contributed by atoms with Crippen molar-refractivity contribution in [2.75, 3.05) is 19.7 Å². The lowest BCUT2D eigenvalue weighted by atomic mass is 9.86. The van der Waals surface area contributed by atoms with Crippen LogP contribution in [0.1, 0.15) is 36.2 Å². The lowest BCUT2D eigenvalue weighted by molar-refractivity contribution is -0.140. The van der Waals surface area contributed by atoms with E-state index in [1.807, 2.05) is 12.1 Å². The highest BCUT2D eigenvalue weighted by Crippen LogP contribution is 2.48. The van der Waals surface area contributed by atoms with Crippen LogP contribution in [0.15, 0.2) is 47.5 Å². The molecule has 188 valence electrons. The summed E-state index contributed by atoms with van der Waals surface area (Å²) in [6.45, 7) is 1.59. The molecule has 2 aliphatic rings. The van der Waals surface area contributed by atoms with Crippen molar-refractivity contribution in [2.24, 2.45) is 11.8 Å². The lowest BCUT2D eigenvalue weighted by Gasteiger charge is -2.38. The average Bonchev–Trinajstić information content (AvgIpc) is 3.05. The molecule has 0 unspecified atom stereocenters. The van der Waals surface area contributed by atoms with E-state index in [0.717, 1.165) is 5.56 Å². The van der Waals surface area contributed by atoms with Gasteiger partial charge < -0.3 is 15.0 Å². The zero-order valence-corrected chi connectivity index (χ0v) is 19.4. The molecule has 0 spiro atoms. The number of nitrogens with one attached hydrogen (secondary N) is 1. The van der Waals surface area contributed by atoms with E-state index >= 15 is 0 Å². The second-order valence-electron chi connectivity index (χ2n) is 9.01. The van der Waals surface area contributed by atoms with Gasteiger partial charge in [0.1, 0.15) is 0 Å². The van der Waals surface area contributed by atoms with Gasteiger partial charge >= 0.3 is 6.18 Å². The first kappa shape index (κ1) is 25.1. The molecule has 7 nitrogen and oxygen atoms in total. The molecule has 1 saturated heterocycles. The molecule has 0 saturated carbocycles. The number of carbonyl (C=O) groups excluding carboxylic acids is 1. The van der Waals surface area contributed by atoms with E-state index in [0.29, 0.717) is 24.2 Å². The number of alkyl halides is 3. The molecule has 4 rings (SSSR count). The Morgan fingerprint density at radius 3 is 2.66 bits per heavy atom. The average molecular weight is 491 g/mol. The minimum absolute atomic E-state index is 0.125. The predicted octanol–water partition coefficient (Wildman–Crippen LogP) is 2.55. The quantitative estimate of drug-likeness (QED) is 0.594. The zero-order chi connectivity index (χ0) is 25.2. The van der Waals surface area contributed by atoms with Crippen LogP contribution in [0.25, 0.3) is 6.08 Å². The number of nitrogens with zero attached hydrogens (tertiary/aromatic N) is 3. The highest BCUT2D eigenvalue weighted by Gasteiger charge is 2.56. The third-order valence-electron chi connectivity index (χ3n) is 6.96. The van der Waals surface area contributed by atoms with E-state index in [1.54, 1.807) is 53.1 Å². The normalized spacial score (nSPS) is 24.0. The monoisotopic (exact) mass is 490 g/mol. The number of aliphatic hydroxyl groups excluding tert-OH is 1. The van der Waals surface area contributed by atoms with Gasteiger partial charge in [-0.3, -0.25) is 19.5 Å². The zero-order valence-electron chi connectivity index (χ0n) is 19.4. The maximum atomic E-state index is 13.4. The number of hydrogen-bond acceptors (Lipinski definition) is 5. The van der Waals surface area contributed by atoms with Gasteiger partial charge in [0.2, 0.25) is 5.91 Å². The van der Waals surface area contributed by atoms with Crippen molar-refractivity contribution in [1.82, 2.24) is 19.8 Å². The summed E-state index contributed by atoms with van der Waals surface area (Å²) in [4.78, 5) is 32.1. The molecule has 0 radical (unpaired) electrons. The molecule has 10 heteroatoms. The van der Waals surface area contributed by atoms with Crippen LogP contribution in [0.2, 0.25) is 0 Å². The molecule has 2 bridgehead atoms. The summed E-state index contributed by atoms with van der Waals surface area (Å²) in [7, 11) is 0. The standard InChI is InChI=1S/C25H29F3N4O3/c1-2-3-17-4-5-19-22-21(23(34)30-12-8-16-6-10-29-11-7-16)18(15-33)20(14-32(19)24(17)35)31(22)13-9-25(26,27)28/h2-7,10-11,18,20-22,33H,8-9,12-15H2,1H3,(H,30,34)/t18-,20-,21+,22+/m0/s1. The lowest BCUT2D eigenvalue weighted by Crippen LogP contribution is -2.47. The van der Waals surface area contributed by atoms with Crippen LogP contribution in [-0.2, 0) is 17.8 Å². The van der Waals surface area contributed by atoms with Crippen molar-refractivity contribution < 1.29 is 23.1 Å². The number of amides is 1. The van der Waals surface area contributed by atoms with Crippen LogP contribution >= 0.6 is 0 Å². The molecule has 1 amide bonds. The molecule has 0 aromatic carbocycles. The minimum atomic E-state index is -4.36. The molecule has 2 aromatic rings. The summed E-state index contributed by atoms with van der Waals surface area (Å²) < 4.78 is 40.9. The number of aromatic nitrogens is 2. The van der Waals surface area contributed by atoms with E-state index in [4.69, 9.17) is 0 Å². The summed E-state index contributed by atoms with van der Waals surface area (Å²) in [5.41, 5.74) is 1.72. The molecule has 0 aliphatic carbocycles. The van der Waals surface area contributed by atoms with Crippen molar-refractivity contribution in [2.45, 2.75) is 44.6 Å². The third kappa shape index (κ3) is 5.18. The molecular formula is C25H29F3N4O3. The minimum Gasteiger partial charge on any atom is -0.396 e. The summed E-state index contributed by atoms with van der Waals surface area (Å²) in [5.74, 6) is -1.71. The number of halogens is 3. The van der Waals surface area contributed by atoms with Gasteiger partial charge in [-0.15, -0.1) is 0 Å². The van der Waals surface area contributed by atoms with Crippen LogP contribution in [0.4, 0.5) is 13.2 Å². The van der Waals surface area contributed by atoms with Crippen molar-refractivity contribution in [3.05, 3.63) is 69.9 Å². The highest BCUT2D eigenvalue weighted by atomic mass is 19.4. The third-order valence-corrected chi connectivity index (χ3v) is 6.96. The Balaban J connectivity index is 1.65. The molecular weight excluding hydrogens is 461 g/mol. The largest absolute Gasteiger partial charge is 0.396 e. The number of fused-ring (bicyclic) bond motifs is 4. The predicted molar refractivity (Wildman–Crippen MR) is 124 cm³/mol. The van der Waals surface area contributed by atoms with E-state index in [2.05, 4.69) is 10.3 Å². The second-order valence-corrected chi connectivity index (χ2v) is 9.01. The van der Waals surface area contributed by atoms with Crippen LogP contribution in [-0.4, -0.2) is 57.4 Å². The summed E-state index contributed by atoms with van der Waals surface area (Å²) in [6, 6.07) is 5.75. The number of hydrogen-bond donors (Lipinski definition) is 2. The van der Waals surface area contributed by atoms with Gasteiger partial charge in [0, 0.05) is 61.9 Å². The maximum Gasteiger partial charge on any atom is 0.390 e. The first-order valence-electron chi connectivity index (χ1n) is 11.7. The smallest absolute Gasteiger partial charge is 0.390 e. The Morgan fingerprint density at radius 2 is 2.00 bits per heavy atom. The van der Waals surface area contributed by atoms with E-state index in [1.165, 1.54) is 0 Å². The molecule has 2 aliphatic heterocycles. The fourth-order valence-corrected chi connectivity index (χ4v) is 5.41. The van der Waals surface area contributed by atoms with Gasteiger partial charge in [-0.05, 0) is 43.2 Å². The van der Waals surface area contributed by atoms with E-state index in [9.17, 15) is 27.9 Å². The maximum absolute atomic E-state index is 13.4. The Labute approximate surface area is 201 Å². The van der Waals surface area contributed by atoms with Crippen LogP contribution < -0.4 is 10.9 Å². The van der Waals surface area contributed by atoms with Gasteiger partial charge in [0.25, 0.3) is 5.56 Å². The number of rotatable bonds is 8. The van der Waals surface area contributed by atoms with Gasteiger partial charge in [0.15, 0.2) is 0 Å². The van der Waals surface area contributed by atoms with Gasteiger partial charge in [-0.1, -0.05) is 12.2 Å². The van der Waals surface area contributed by atoms with Gasteiger partial charge in [-0.25, -0.2) is 0 Å². The molecule has 4 heterocycles. The van der Waals surface area contributed by atoms with Crippen molar-refractivity contribution in [3.63, 3.8) is 0 Å². The SMILES string of the molecule is CC=Cc1ccc2n(c1=O)C[C@H]1[C@H](CO)[C@@H](C(=O)NCCc3ccncc3)[C@@H]2N1CCC(F)(F)F. The van der Waals surface area contributed by atoms with Crippen LogP contribution in [0.3, 0.4) is 0 Å². The van der Waals surface area contributed by atoms with E-state index in [-0.39, 0.29) is 31.2 Å². The van der Waals surface area contributed by atoms with Gasteiger partial charge in [-0.2, -0.15) is 13.2 Å². The topological polar surface area (TPSA) is 87.5 Å². The fraction of sp³-hybridized carbons (Fsp3) is 0.480. The Bertz CT molecular complexity index is 1130.